The Morgan fingerprint density at radius 3 is 2.65 bits per heavy atom. The minimum atomic E-state index is 0.00575. The standard InChI is InChI=1S/C13H20N2O2/c1-14-8-4-7-13(17)15-9-11-5-2-3-6-12(11)10-16/h2-3,5-6,14,16H,4,7-10H2,1H3,(H,15,17). The lowest BCUT2D eigenvalue weighted by Gasteiger charge is -2.08. The summed E-state index contributed by atoms with van der Waals surface area (Å²) in [6, 6.07) is 7.56. The van der Waals surface area contributed by atoms with Crippen molar-refractivity contribution in [1.82, 2.24) is 10.6 Å². The Morgan fingerprint density at radius 1 is 1.29 bits per heavy atom. The zero-order valence-corrected chi connectivity index (χ0v) is 10.2. The summed E-state index contributed by atoms with van der Waals surface area (Å²) in [5, 5.41) is 15.0. The summed E-state index contributed by atoms with van der Waals surface area (Å²) in [6.07, 6.45) is 1.37. The number of rotatable bonds is 7. The van der Waals surface area contributed by atoms with Crippen molar-refractivity contribution in [2.75, 3.05) is 13.6 Å². The molecule has 94 valence electrons. The quantitative estimate of drug-likeness (QED) is 0.614. The SMILES string of the molecule is CNCCCC(=O)NCc1ccccc1CO. The van der Waals surface area contributed by atoms with E-state index in [9.17, 15) is 4.79 Å². The molecular weight excluding hydrogens is 216 g/mol. The molecule has 1 rings (SSSR count). The molecule has 0 bridgehead atoms. The van der Waals surface area contributed by atoms with Gasteiger partial charge in [-0.25, -0.2) is 0 Å². The molecule has 0 heterocycles. The number of amides is 1. The van der Waals surface area contributed by atoms with Crippen LogP contribution >= 0.6 is 0 Å². The topological polar surface area (TPSA) is 61.4 Å². The van der Waals surface area contributed by atoms with Gasteiger partial charge in [-0.15, -0.1) is 0 Å². The van der Waals surface area contributed by atoms with Gasteiger partial charge in [-0.05, 0) is 31.1 Å². The van der Waals surface area contributed by atoms with Gasteiger partial charge in [0.15, 0.2) is 0 Å². The summed E-state index contributed by atoms with van der Waals surface area (Å²) in [5.41, 5.74) is 1.83. The molecule has 1 aromatic carbocycles. The molecule has 0 aliphatic carbocycles. The minimum Gasteiger partial charge on any atom is -0.392 e. The molecule has 17 heavy (non-hydrogen) atoms. The number of hydrogen-bond donors (Lipinski definition) is 3. The third-order valence-corrected chi connectivity index (χ3v) is 2.60. The average molecular weight is 236 g/mol. The van der Waals surface area contributed by atoms with E-state index in [1.54, 1.807) is 0 Å². The summed E-state index contributed by atoms with van der Waals surface area (Å²) in [4.78, 5) is 11.5. The van der Waals surface area contributed by atoms with E-state index >= 15 is 0 Å². The third kappa shape index (κ3) is 4.97. The van der Waals surface area contributed by atoms with Crippen LogP contribution in [0.15, 0.2) is 24.3 Å². The predicted molar refractivity (Wildman–Crippen MR) is 67.4 cm³/mol. The maximum Gasteiger partial charge on any atom is 0.220 e. The lowest BCUT2D eigenvalue weighted by atomic mass is 10.1. The number of aliphatic hydroxyl groups excluding tert-OH is 1. The molecule has 0 spiro atoms. The molecule has 0 saturated carbocycles. The smallest absolute Gasteiger partial charge is 0.220 e. The van der Waals surface area contributed by atoms with Gasteiger partial charge in [-0.2, -0.15) is 0 Å². The first kappa shape index (κ1) is 13.7. The first-order valence-corrected chi connectivity index (χ1v) is 5.87. The molecule has 0 aromatic heterocycles. The highest BCUT2D eigenvalue weighted by atomic mass is 16.3. The van der Waals surface area contributed by atoms with Crippen molar-refractivity contribution in [3.8, 4) is 0 Å². The van der Waals surface area contributed by atoms with Gasteiger partial charge in [0.05, 0.1) is 6.61 Å². The van der Waals surface area contributed by atoms with E-state index in [4.69, 9.17) is 5.11 Å². The normalized spacial score (nSPS) is 10.2. The van der Waals surface area contributed by atoms with Crippen LogP contribution in [0.2, 0.25) is 0 Å². The van der Waals surface area contributed by atoms with Crippen molar-refractivity contribution in [3.05, 3.63) is 35.4 Å². The van der Waals surface area contributed by atoms with Gasteiger partial charge in [-0.1, -0.05) is 24.3 Å². The van der Waals surface area contributed by atoms with Crippen molar-refractivity contribution in [2.24, 2.45) is 0 Å². The van der Waals surface area contributed by atoms with Gasteiger partial charge in [0.2, 0.25) is 5.91 Å². The van der Waals surface area contributed by atoms with Gasteiger partial charge in [0, 0.05) is 13.0 Å². The predicted octanol–water partition coefficient (Wildman–Crippen LogP) is 0.795. The molecule has 0 unspecified atom stereocenters. The van der Waals surface area contributed by atoms with Crippen LogP contribution in [0.25, 0.3) is 0 Å². The molecule has 0 aliphatic rings. The Hall–Kier alpha value is -1.39. The van der Waals surface area contributed by atoms with Gasteiger partial charge < -0.3 is 15.7 Å². The number of carbonyl (C=O) groups is 1. The highest BCUT2D eigenvalue weighted by Gasteiger charge is 2.03. The van der Waals surface area contributed by atoms with Gasteiger partial charge in [0.25, 0.3) is 0 Å². The molecule has 0 atom stereocenters. The van der Waals surface area contributed by atoms with Crippen LogP contribution < -0.4 is 10.6 Å². The second-order valence-electron chi connectivity index (χ2n) is 3.91. The fraction of sp³-hybridized carbons (Fsp3) is 0.462. The number of aliphatic hydroxyl groups is 1. The molecule has 3 N–H and O–H groups in total. The van der Waals surface area contributed by atoms with Crippen molar-refractivity contribution in [1.29, 1.82) is 0 Å². The monoisotopic (exact) mass is 236 g/mol. The van der Waals surface area contributed by atoms with Crippen LogP contribution in [0, 0.1) is 0 Å². The van der Waals surface area contributed by atoms with Crippen molar-refractivity contribution < 1.29 is 9.90 Å². The second-order valence-corrected chi connectivity index (χ2v) is 3.91. The molecule has 0 fully saturated rings. The fourth-order valence-electron chi connectivity index (χ4n) is 1.59. The summed E-state index contributed by atoms with van der Waals surface area (Å²) >= 11 is 0. The zero-order valence-electron chi connectivity index (χ0n) is 10.2. The van der Waals surface area contributed by atoms with E-state index in [1.165, 1.54) is 0 Å². The Bertz CT molecular complexity index is 353. The van der Waals surface area contributed by atoms with Crippen LogP contribution in [0.3, 0.4) is 0 Å². The highest BCUT2D eigenvalue weighted by Crippen LogP contribution is 2.08. The lowest BCUT2D eigenvalue weighted by Crippen LogP contribution is -2.24. The van der Waals surface area contributed by atoms with E-state index in [-0.39, 0.29) is 12.5 Å². The maximum atomic E-state index is 11.5. The molecule has 0 radical (unpaired) electrons. The summed E-state index contributed by atoms with van der Waals surface area (Å²) in [7, 11) is 1.87. The Labute approximate surface area is 102 Å². The molecular formula is C13H20N2O2. The number of hydrogen-bond acceptors (Lipinski definition) is 3. The van der Waals surface area contributed by atoms with E-state index in [2.05, 4.69) is 10.6 Å². The number of carbonyl (C=O) groups excluding carboxylic acids is 1. The molecule has 4 nitrogen and oxygen atoms in total. The van der Waals surface area contributed by atoms with Crippen LogP contribution in [-0.2, 0) is 17.9 Å². The van der Waals surface area contributed by atoms with E-state index in [1.807, 2.05) is 31.3 Å². The van der Waals surface area contributed by atoms with Gasteiger partial charge >= 0.3 is 0 Å². The Morgan fingerprint density at radius 2 is 2.00 bits per heavy atom. The van der Waals surface area contributed by atoms with E-state index in [0.717, 1.165) is 24.1 Å². The molecule has 0 saturated heterocycles. The second kappa shape index (κ2) is 7.81. The highest BCUT2D eigenvalue weighted by molar-refractivity contribution is 5.75. The minimum absolute atomic E-state index is 0.00575. The first-order chi connectivity index (χ1) is 8.27. The molecule has 1 aromatic rings. The lowest BCUT2D eigenvalue weighted by molar-refractivity contribution is -0.121. The number of nitrogens with one attached hydrogen (secondary N) is 2. The van der Waals surface area contributed by atoms with Crippen LogP contribution in [0.4, 0.5) is 0 Å². The van der Waals surface area contributed by atoms with E-state index < -0.39 is 0 Å². The average Bonchev–Trinajstić information content (AvgIpc) is 2.37. The van der Waals surface area contributed by atoms with Crippen molar-refractivity contribution >= 4 is 5.91 Å². The fourth-order valence-corrected chi connectivity index (χ4v) is 1.59. The zero-order chi connectivity index (χ0) is 12.5. The summed E-state index contributed by atoms with van der Waals surface area (Å²) < 4.78 is 0. The largest absolute Gasteiger partial charge is 0.392 e. The summed E-state index contributed by atoms with van der Waals surface area (Å²) in [5.74, 6) is 0.0491. The first-order valence-electron chi connectivity index (χ1n) is 5.87. The maximum absolute atomic E-state index is 11.5. The van der Waals surface area contributed by atoms with Crippen molar-refractivity contribution in [2.45, 2.75) is 26.0 Å². The number of benzene rings is 1. The Balaban J connectivity index is 2.36. The van der Waals surface area contributed by atoms with Gasteiger partial charge in [0.1, 0.15) is 0 Å². The van der Waals surface area contributed by atoms with Gasteiger partial charge in [-0.3, -0.25) is 4.79 Å². The molecule has 0 aliphatic heterocycles. The van der Waals surface area contributed by atoms with Crippen LogP contribution in [0.5, 0.6) is 0 Å². The molecule has 4 heteroatoms. The van der Waals surface area contributed by atoms with Crippen LogP contribution in [0.1, 0.15) is 24.0 Å². The third-order valence-electron chi connectivity index (χ3n) is 2.60. The van der Waals surface area contributed by atoms with E-state index in [0.29, 0.717) is 13.0 Å². The Kier molecular flexibility index (Phi) is 6.29. The summed E-state index contributed by atoms with van der Waals surface area (Å²) in [6.45, 7) is 1.33. The van der Waals surface area contributed by atoms with Crippen LogP contribution in [-0.4, -0.2) is 24.6 Å². The molecule has 1 amide bonds. The van der Waals surface area contributed by atoms with Crippen molar-refractivity contribution in [3.63, 3.8) is 0 Å².